The van der Waals surface area contributed by atoms with Gasteiger partial charge in [0.05, 0.1) is 0 Å². The molecule has 0 unspecified atom stereocenters. The number of aliphatic carboxylic acids is 1. The van der Waals surface area contributed by atoms with Gasteiger partial charge in [-0.25, -0.2) is 4.79 Å². The molecule has 0 aliphatic rings. The topological polar surface area (TPSA) is 122 Å². The number of carbonyl (C=O) groups excluding carboxylic acids is 3. The van der Waals surface area contributed by atoms with Gasteiger partial charge >= 0.3 is 6.09 Å². The zero-order chi connectivity index (χ0) is 15.0. The molecule has 0 radical (unpaired) electrons. The molecule has 0 bridgehead atoms. The number of amides is 2. The van der Waals surface area contributed by atoms with Gasteiger partial charge in [-0.05, 0) is 18.4 Å². The van der Waals surface area contributed by atoms with Crippen LogP contribution in [-0.2, 0) is 20.9 Å². The summed E-state index contributed by atoms with van der Waals surface area (Å²) in [7, 11) is 0. The Balaban J connectivity index is 2.41. The predicted molar refractivity (Wildman–Crippen MR) is 67.0 cm³/mol. The van der Waals surface area contributed by atoms with E-state index in [1.807, 2.05) is 6.07 Å². The zero-order valence-corrected chi connectivity index (χ0v) is 10.7. The first-order valence-corrected chi connectivity index (χ1v) is 5.95. The quantitative estimate of drug-likeness (QED) is 0.683. The van der Waals surface area contributed by atoms with E-state index >= 15 is 0 Å². The molecule has 2 amide bonds. The monoisotopic (exact) mass is 279 g/mol. The number of hydrogen-bond acceptors (Lipinski definition) is 5. The average Bonchev–Trinajstić information content (AvgIpc) is 2.41. The number of carbonyl (C=O) groups is 3. The van der Waals surface area contributed by atoms with E-state index in [4.69, 9.17) is 10.5 Å². The van der Waals surface area contributed by atoms with Gasteiger partial charge < -0.3 is 25.7 Å². The largest absolute Gasteiger partial charge is 0.550 e. The van der Waals surface area contributed by atoms with Crippen molar-refractivity contribution in [2.75, 3.05) is 0 Å². The molecule has 108 valence electrons. The molecule has 20 heavy (non-hydrogen) atoms. The normalized spacial score (nSPS) is 11.4. The number of ether oxygens (including phenoxy) is 1. The van der Waals surface area contributed by atoms with E-state index in [9.17, 15) is 19.5 Å². The zero-order valence-electron chi connectivity index (χ0n) is 10.7. The first-order chi connectivity index (χ1) is 9.49. The van der Waals surface area contributed by atoms with Crippen LogP contribution in [-0.4, -0.2) is 24.0 Å². The fourth-order valence-corrected chi connectivity index (χ4v) is 1.45. The van der Waals surface area contributed by atoms with Crippen LogP contribution in [0.25, 0.3) is 0 Å². The standard InChI is InChI=1S/C13H16N2O5/c14-12(18)10(6-7-11(16)17)15-13(19)20-8-9-4-2-1-3-5-9/h1-5,10H,6-8H2,(H2,14,18)(H,15,19)(H,16,17)/p-1/t10-/m0/s1. The number of carboxylic acid groups (broad SMARTS) is 1. The van der Waals surface area contributed by atoms with E-state index in [1.165, 1.54) is 0 Å². The maximum atomic E-state index is 11.5. The van der Waals surface area contributed by atoms with Crippen LogP contribution in [0.15, 0.2) is 30.3 Å². The third kappa shape index (κ3) is 5.85. The van der Waals surface area contributed by atoms with Crippen LogP contribution >= 0.6 is 0 Å². The molecule has 1 rings (SSSR count). The minimum atomic E-state index is -1.32. The fraction of sp³-hybridized carbons (Fsp3) is 0.308. The van der Waals surface area contributed by atoms with Crippen LogP contribution in [0.2, 0.25) is 0 Å². The van der Waals surface area contributed by atoms with Gasteiger partial charge in [0.25, 0.3) is 0 Å². The highest BCUT2D eigenvalue weighted by atomic mass is 16.5. The summed E-state index contributed by atoms with van der Waals surface area (Å²) in [4.78, 5) is 32.8. The SMILES string of the molecule is NC(=O)[C@H](CCC(=O)[O-])NC(=O)OCc1ccccc1. The van der Waals surface area contributed by atoms with Crippen molar-refractivity contribution in [2.24, 2.45) is 5.73 Å². The molecular weight excluding hydrogens is 264 g/mol. The average molecular weight is 279 g/mol. The lowest BCUT2D eigenvalue weighted by molar-refractivity contribution is -0.305. The van der Waals surface area contributed by atoms with Crippen molar-refractivity contribution in [1.82, 2.24) is 5.32 Å². The number of carboxylic acids is 1. The van der Waals surface area contributed by atoms with Crippen molar-refractivity contribution in [3.63, 3.8) is 0 Å². The number of alkyl carbamates (subject to hydrolysis) is 1. The first-order valence-electron chi connectivity index (χ1n) is 5.95. The lowest BCUT2D eigenvalue weighted by atomic mass is 10.1. The molecular formula is C13H15N2O5-. The summed E-state index contributed by atoms with van der Waals surface area (Å²) >= 11 is 0. The Morgan fingerprint density at radius 2 is 1.90 bits per heavy atom. The number of rotatable bonds is 7. The van der Waals surface area contributed by atoms with Crippen molar-refractivity contribution < 1.29 is 24.2 Å². The van der Waals surface area contributed by atoms with Gasteiger partial charge in [-0.2, -0.15) is 0 Å². The molecule has 7 nitrogen and oxygen atoms in total. The third-order valence-corrected chi connectivity index (χ3v) is 2.49. The minimum absolute atomic E-state index is 0.0403. The number of nitrogens with two attached hydrogens (primary N) is 1. The van der Waals surface area contributed by atoms with E-state index < -0.39 is 24.0 Å². The molecule has 0 saturated carbocycles. The summed E-state index contributed by atoms with van der Waals surface area (Å²) in [6, 6.07) is 7.86. The summed E-state index contributed by atoms with van der Waals surface area (Å²) in [6.45, 7) is 0.0403. The van der Waals surface area contributed by atoms with Crippen LogP contribution in [0, 0.1) is 0 Å². The van der Waals surface area contributed by atoms with Gasteiger partial charge in [0.2, 0.25) is 5.91 Å². The number of benzene rings is 1. The maximum absolute atomic E-state index is 11.5. The van der Waals surface area contributed by atoms with Crippen LogP contribution in [0.1, 0.15) is 18.4 Å². The van der Waals surface area contributed by atoms with Gasteiger partial charge in [-0.1, -0.05) is 30.3 Å². The van der Waals surface area contributed by atoms with Gasteiger partial charge in [-0.3, -0.25) is 4.79 Å². The minimum Gasteiger partial charge on any atom is -0.550 e. The summed E-state index contributed by atoms with van der Waals surface area (Å²) < 4.78 is 4.89. The van der Waals surface area contributed by atoms with Gasteiger partial charge in [0.15, 0.2) is 0 Å². The summed E-state index contributed by atoms with van der Waals surface area (Å²) in [5.41, 5.74) is 5.84. The molecule has 7 heteroatoms. The van der Waals surface area contributed by atoms with Crippen molar-refractivity contribution in [1.29, 1.82) is 0 Å². The Morgan fingerprint density at radius 3 is 2.45 bits per heavy atom. The summed E-state index contributed by atoms with van der Waals surface area (Å²) in [5.74, 6) is -2.15. The molecule has 1 aromatic rings. The first kappa shape index (κ1) is 15.5. The summed E-state index contributed by atoms with van der Waals surface area (Å²) in [6.07, 6.45) is -1.36. The molecule has 0 heterocycles. The van der Waals surface area contributed by atoms with E-state index in [0.29, 0.717) is 0 Å². The van der Waals surface area contributed by atoms with Crippen molar-refractivity contribution in [2.45, 2.75) is 25.5 Å². The van der Waals surface area contributed by atoms with Crippen molar-refractivity contribution >= 4 is 18.0 Å². The second kappa shape index (κ2) is 7.78. The number of nitrogens with one attached hydrogen (secondary N) is 1. The fourth-order valence-electron chi connectivity index (χ4n) is 1.45. The smallest absolute Gasteiger partial charge is 0.408 e. The molecule has 0 aliphatic heterocycles. The van der Waals surface area contributed by atoms with Crippen LogP contribution in [0.4, 0.5) is 4.79 Å². The van der Waals surface area contributed by atoms with Crippen LogP contribution in [0.5, 0.6) is 0 Å². The maximum Gasteiger partial charge on any atom is 0.408 e. The van der Waals surface area contributed by atoms with Gasteiger partial charge in [0.1, 0.15) is 12.6 Å². The Bertz CT molecular complexity index is 475. The van der Waals surface area contributed by atoms with Crippen LogP contribution < -0.4 is 16.2 Å². The molecule has 1 atom stereocenters. The summed E-state index contributed by atoms with van der Waals surface area (Å²) in [5, 5.41) is 12.5. The Labute approximate surface area is 115 Å². The van der Waals surface area contributed by atoms with E-state index in [-0.39, 0.29) is 19.4 Å². The predicted octanol–water partition coefficient (Wildman–Crippen LogP) is -0.703. The van der Waals surface area contributed by atoms with Gasteiger partial charge in [0, 0.05) is 5.97 Å². The highest BCUT2D eigenvalue weighted by Gasteiger charge is 2.18. The second-order valence-corrected chi connectivity index (χ2v) is 4.07. The molecule has 0 aliphatic carbocycles. The molecule has 0 spiro atoms. The molecule has 0 saturated heterocycles. The molecule has 0 aromatic heterocycles. The lowest BCUT2D eigenvalue weighted by Gasteiger charge is -2.15. The third-order valence-electron chi connectivity index (χ3n) is 2.49. The molecule has 0 fully saturated rings. The Morgan fingerprint density at radius 1 is 1.25 bits per heavy atom. The number of primary amides is 1. The Hall–Kier alpha value is -2.57. The van der Waals surface area contributed by atoms with E-state index in [2.05, 4.69) is 5.32 Å². The van der Waals surface area contributed by atoms with E-state index in [0.717, 1.165) is 5.56 Å². The highest BCUT2D eigenvalue weighted by Crippen LogP contribution is 2.02. The van der Waals surface area contributed by atoms with Crippen LogP contribution in [0.3, 0.4) is 0 Å². The molecule has 3 N–H and O–H groups in total. The number of hydrogen-bond donors (Lipinski definition) is 2. The van der Waals surface area contributed by atoms with Gasteiger partial charge in [-0.15, -0.1) is 0 Å². The second-order valence-electron chi connectivity index (χ2n) is 4.07. The lowest BCUT2D eigenvalue weighted by Crippen LogP contribution is -2.45. The highest BCUT2D eigenvalue weighted by molar-refractivity contribution is 5.84. The van der Waals surface area contributed by atoms with E-state index in [1.54, 1.807) is 24.3 Å². The van der Waals surface area contributed by atoms with Crippen molar-refractivity contribution in [3.05, 3.63) is 35.9 Å². The Kier molecular flexibility index (Phi) is 6.02. The van der Waals surface area contributed by atoms with Crippen molar-refractivity contribution in [3.8, 4) is 0 Å². The molecule has 1 aromatic carbocycles.